The van der Waals surface area contributed by atoms with Crippen molar-refractivity contribution < 1.29 is 18.7 Å². The van der Waals surface area contributed by atoms with E-state index in [-0.39, 0.29) is 5.92 Å². The van der Waals surface area contributed by atoms with Gasteiger partial charge in [0.25, 0.3) is 0 Å². The monoisotopic (exact) mass is 376 g/mol. The molecule has 3 atom stereocenters. The van der Waals surface area contributed by atoms with Gasteiger partial charge in [-0.3, -0.25) is 9.59 Å². The average Bonchev–Trinajstić information content (AvgIpc) is 2.48. The van der Waals surface area contributed by atoms with Crippen LogP contribution in [-0.2, 0) is 14.3 Å². The third-order valence-corrected chi connectivity index (χ3v) is 4.96. The molecule has 1 aromatic rings. The lowest BCUT2D eigenvalue weighted by Gasteiger charge is -2.34. The van der Waals surface area contributed by atoms with Crippen molar-refractivity contribution in [3.05, 3.63) is 34.1 Å². The van der Waals surface area contributed by atoms with Gasteiger partial charge in [-0.15, -0.1) is 0 Å². The number of benzene rings is 1. The van der Waals surface area contributed by atoms with E-state index in [9.17, 15) is 14.0 Å². The van der Waals surface area contributed by atoms with E-state index in [0.717, 1.165) is 6.42 Å². The second-order valence-corrected chi connectivity index (χ2v) is 6.40. The fourth-order valence-electron chi connectivity index (χ4n) is 3.03. The highest BCUT2D eigenvalue weighted by Crippen LogP contribution is 2.43. The van der Waals surface area contributed by atoms with E-state index in [1.54, 1.807) is 12.1 Å². The lowest BCUT2D eigenvalue weighted by atomic mass is 9.69. The summed E-state index contributed by atoms with van der Waals surface area (Å²) in [5.74, 6) is -2.36. The Hall–Kier alpha value is -0.940. The Kier molecular flexibility index (Phi) is 5.38. The van der Waals surface area contributed by atoms with E-state index in [2.05, 4.69) is 15.9 Å². The number of esters is 1. The molecule has 21 heavy (non-hydrogen) atoms. The van der Waals surface area contributed by atoms with Crippen LogP contribution in [0.15, 0.2) is 22.7 Å². The Morgan fingerprint density at radius 2 is 2.10 bits per heavy atom. The lowest BCUT2D eigenvalue weighted by Crippen LogP contribution is -2.37. The normalized spacial score (nSPS) is 25.4. The topological polar surface area (TPSA) is 43.4 Å². The van der Waals surface area contributed by atoms with Crippen molar-refractivity contribution in [3.8, 4) is 0 Å². The van der Waals surface area contributed by atoms with Crippen LogP contribution in [0.4, 0.5) is 4.39 Å². The van der Waals surface area contributed by atoms with Crippen LogP contribution in [0.5, 0.6) is 0 Å². The second kappa shape index (κ2) is 6.88. The van der Waals surface area contributed by atoms with E-state index in [1.165, 1.54) is 13.2 Å². The van der Waals surface area contributed by atoms with Crippen LogP contribution in [0.25, 0.3) is 0 Å². The van der Waals surface area contributed by atoms with Crippen LogP contribution >= 0.6 is 27.5 Å². The Morgan fingerprint density at radius 3 is 2.67 bits per heavy atom. The molecule has 1 aliphatic rings. The number of hydrogen-bond acceptors (Lipinski definition) is 3. The minimum Gasteiger partial charge on any atom is -0.469 e. The highest BCUT2D eigenvalue weighted by atomic mass is 79.9. The highest BCUT2D eigenvalue weighted by molar-refractivity contribution is 9.10. The first-order chi connectivity index (χ1) is 9.95. The van der Waals surface area contributed by atoms with Crippen molar-refractivity contribution in [2.24, 2.45) is 11.8 Å². The number of carbonyl (C=O) groups is 2. The molecule has 6 heteroatoms. The summed E-state index contributed by atoms with van der Waals surface area (Å²) in [4.78, 5) is 23.7. The largest absolute Gasteiger partial charge is 0.469 e. The fraction of sp³-hybridized carbons (Fsp3) is 0.467. The van der Waals surface area contributed by atoms with Crippen LogP contribution in [0.3, 0.4) is 0 Å². The van der Waals surface area contributed by atoms with Gasteiger partial charge in [0.2, 0.25) is 5.24 Å². The summed E-state index contributed by atoms with van der Waals surface area (Å²) < 4.78 is 18.9. The molecule has 0 spiro atoms. The van der Waals surface area contributed by atoms with Gasteiger partial charge in [-0.25, -0.2) is 4.39 Å². The predicted octanol–water partition coefficient (Wildman–Crippen LogP) is 4.03. The van der Waals surface area contributed by atoms with Gasteiger partial charge in [0, 0.05) is 5.92 Å². The molecule has 2 rings (SSSR count). The number of hydrogen-bond donors (Lipinski definition) is 0. The third-order valence-electron chi connectivity index (χ3n) is 4.03. The summed E-state index contributed by atoms with van der Waals surface area (Å²) in [5.41, 5.74) is 0.689. The number of halogens is 3. The molecule has 0 saturated heterocycles. The van der Waals surface area contributed by atoms with Crippen molar-refractivity contribution in [2.75, 3.05) is 7.11 Å². The Bertz CT molecular complexity index is 564. The van der Waals surface area contributed by atoms with E-state index >= 15 is 0 Å². The maximum atomic E-state index is 13.7. The first-order valence-electron chi connectivity index (χ1n) is 6.67. The molecule has 0 radical (unpaired) electrons. The Balaban J connectivity index is 2.40. The molecule has 0 unspecified atom stereocenters. The summed E-state index contributed by atoms with van der Waals surface area (Å²) in [5, 5.41) is -0.535. The molecule has 1 aliphatic carbocycles. The van der Waals surface area contributed by atoms with Crippen molar-refractivity contribution in [3.63, 3.8) is 0 Å². The van der Waals surface area contributed by atoms with Gasteiger partial charge in [0.1, 0.15) is 5.82 Å². The summed E-state index contributed by atoms with van der Waals surface area (Å²) in [6, 6.07) is 4.76. The van der Waals surface area contributed by atoms with E-state index in [1.807, 2.05) is 0 Å². The maximum absolute atomic E-state index is 13.7. The summed E-state index contributed by atoms with van der Waals surface area (Å²) in [6.45, 7) is 0. The number of ether oxygens (including phenoxy) is 1. The zero-order valence-electron chi connectivity index (χ0n) is 11.4. The molecule has 0 aromatic heterocycles. The van der Waals surface area contributed by atoms with E-state index in [4.69, 9.17) is 16.3 Å². The standard InChI is InChI=1S/C15H15BrClFO3/c1-21-15(20)13-9(3-2-4-10(13)14(17)19)8-5-6-11(16)12(18)7-8/h5-7,9-10,13H,2-4H2,1H3/t9-,10-,13-/m1/s1. The molecule has 1 fully saturated rings. The smallest absolute Gasteiger partial charge is 0.310 e. The van der Waals surface area contributed by atoms with Crippen LogP contribution in [0.2, 0.25) is 0 Å². The van der Waals surface area contributed by atoms with Gasteiger partial charge in [0.15, 0.2) is 0 Å². The third kappa shape index (κ3) is 3.46. The molecular weight excluding hydrogens is 363 g/mol. The number of rotatable bonds is 3. The Labute approximate surface area is 135 Å². The number of carbonyl (C=O) groups excluding carboxylic acids is 2. The van der Waals surface area contributed by atoms with E-state index < -0.39 is 28.9 Å². The van der Waals surface area contributed by atoms with E-state index in [0.29, 0.717) is 22.9 Å². The van der Waals surface area contributed by atoms with Crippen LogP contribution in [-0.4, -0.2) is 18.3 Å². The van der Waals surface area contributed by atoms with Crippen LogP contribution in [0, 0.1) is 17.7 Å². The zero-order valence-corrected chi connectivity index (χ0v) is 13.8. The van der Waals surface area contributed by atoms with Crippen molar-refractivity contribution in [1.29, 1.82) is 0 Å². The van der Waals surface area contributed by atoms with Gasteiger partial charge >= 0.3 is 5.97 Å². The molecule has 1 saturated carbocycles. The van der Waals surface area contributed by atoms with Gasteiger partial charge in [-0.1, -0.05) is 12.5 Å². The molecule has 0 amide bonds. The van der Waals surface area contributed by atoms with Crippen LogP contribution < -0.4 is 0 Å². The highest BCUT2D eigenvalue weighted by Gasteiger charge is 2.42. The van der Waals surface area contributed by atoms with Crippen LogP contribution in [0.1, 0.15) is 30.7 Å². The average molecular weight is 378 g/mol. The molecule has 0 bridgehead atoms. The first kappa shape index (κ1) is 16.4. The van der Waals surface area contributed by atoms with Gasteiger partial charge in [-0.2, -0.15) is 0 Å². The summed E-state index contributed by atoms with van der Waals surface area (Å²) in [6.07, 6.45) is 2.01. The molecule has 0 N–H and O–H groups in total. The van der Waals surface area contributed by atoms with Gasteiger partial charge < -0.3 is 4.74 Å². The minimum atomic E-state index is -0.658. The SMILES string of the molecule is COC(=O)[C@@H]1[C@@H](c2ccc(Br)c(F)c2)CCC[C@H]1C(=O)Cl. The first-order valence-corrected chi connectivity index (χ1v) is 7.85. The second-order valence-electron chi connectivity index (χ2n) is 5.17. The number of methoxy groups -OCH3 is 1. The predicted molar refractivity (Wildman–Crippen MR) is 80.5 cm³/mol. The molecular formula is C15H15BrClFO3. The van der Waals surface area contributed by atoms with Crippen molar-refractivity contribution >= 4 is 38.7 Å². The van der Waals surface area contributed by atoms with Gasteiger partial charge in [0.05, 0.1) is 17.5 Å². The zero-order chi connectivity index (χ0) is 15.6. The molecule has 0 heterocycles. The minimum absolute atomic E-state index is 0.263. The quantitative estimate of drug-likeness (QED) is 0.590. The van der Waals surface area contributed by atoms with Crippen molar-refractivity contribution in [2.45, 2.75) is 25.2 Å². The lowest BCUT2D eigenvalue weighted by molar-refractivity contribution is -0.151. The molecule has 114 valence electrons. The van der Waals surface area contributed by atoms with Gasteiger partial charge in [-0.05, 0) is 64.0 Å². The summed E-state index contributed by atoms with van der Waals surface area (Å²) in [7, 11) is 1.28. The molecule has 1 aromatic carbocycles. The fourth-order valence-corrected chi connectivity index (χ4v) is 3.52. The Morgan fingerprint density at radius 1 is 1.38 bits per heavy atom. The maximum Gasteiger partial charge on any atom is 0.310 e. The molecule has 3 nitrogen and oxygen atoms in total. The summed E-state index contributed by atoms with van der Waals surface area (Å²) >= 11 is 8.74. The van der Waals surface area contributed by atoms with Crippen molar-refractivity contribution in [1.82, 2.24) is 0 Å². The molecule has 0 aliphatic heterocycles.